The van der Waals surface area contributed by atoms with Gasteiger partial charge in [-0.2, -0.15) is 0 Å². The average molecular weight is 454 g/mol. The van der Waals surface area contributed by atoms with Gasteiger partial charge in [-0.15, -0.1) is 0 Å². The summed E-state index contributed by atoms with van der Waals surface area (Å²) in [5.41, 5.74) is 1.44. The van der Waals surface area contributed by atoms with E-state index in [2.05, 4.69) is 10.6 Å². The quantitative estimate of drug-likeness (QED) is 0.615. The smallest absolute Gasteiger partial charge is 0.250 e. The van der Waals surface area contributed by atoms with E-state index in [1.807, 2.05) is 30.3 Å². The van der Waals surface area contributed by atoms with Gasteiger partial charge in [0.05, 0.1) is 23.6 Å². The van der Waals surface area contributed by atoms with Crippen molar-refractivity contribution in [3.63, 3.8) is 0 Å². The van der Waals surface area contributed by atoms with Gasteiger partial charge in [0.25, 0.3) is 0 Å². The second-order valence-electron chi connectivity index (χ2n) is 8.83. The first-order chi connectivity index (χ1) is 15.3. The minimum Gasteiger partial charge on any atom is -0.392 e. The number of carbonyl (C=O) groups excluding carboxylic acids is 3. The molecule has 2 aromatic rings. The van der Waals surface area contributed by atoms with Crippen LogP contribution in [0.15, 0.2) is 42.5 Å². The molecule has 0 aliphatic carbocycles. The highest BCUT2D eigenvalue weighted by Crippen LogP contribution is 2.54. The minimum atomic E-state index is -1.43. The van der Waals surface area contributed by atoms with Gasteiger partial charge in [-0.1, -0.05) is 48.0 Å². The number of fused-ring (bicyclic) bond motifs is 4. The number of benzene rings is 2. The van der Waals surface area contributed by atoms with Gasteiger partial charge in [-0.05, 0) is 37.5 Å². The Morgan fingerprint density at radius 3 is 2.53 bits per heavy atom. The fourth-order valence-electron chi connectivity index (χ4n) is 5.50. The van der Waals surface area contributed by atoms with Crippen LogP contribution in [0.4, 0.5) is 5.69 Å². The van der Waals surface area contributed by atoms with Crippen LogP contribution in [0, 0.1) is 18.8 Å². The van der Waals surface area contributed by atoms with Crippen molar-refractivity contribution in [1.82, 2.24) is 10.2 Å². The van der Waals surface area contributed by atoms with E-state index in [4.69, 9.17) is 11.6 Å². The summed E-state index contributed by atoms with van der Waals surface area (Å²) in [6, 6.07) is 12.3. The fraction of sp³-hybridized carbons (Fsp3) is 0.375. The van der Waals surface area contributed by atoms with Crippen LogP contribution in [0.25, 0.3) is 0 Å². The SMILES string of the molecule is Cc1c(Cl)ccc2c1NC(=O)[C@]21N[C@H]([C@H](C)O)[C@H]2C(=O)N(CCc3ccccc3)C(=O)[C@H]21. The zero-order valence-corrected chi connectivity index (χ0v) is 18.5. The largest absolute Gasteiger partial charge is 0.392 e. The van der Waals surface area contributed by atoms with Gasteiger partial charge in [-0.3, -0.25) is 24.6 Å². The van der Waals surface area contributed by atoms with E-state index in [9.17, 15) is 19.5 Å². The molecule has 0 radical (unpaired) electrons. The number of carbonyl (C=O) groups is 3. The summed E-state index contributed by atoms with van der Waals surface area (Å²) in [6.07, 6.45) is -0.410. The molecule has 3 N–H and O–H groups in total. The molecule has 3 aliphatic rings. The number of hydrogen-bond donors (Lipinski definition) is 3. The minimum absolute atomic E-state index is 0.228. The van der Waals surface area contributed by atoms with Crippen LogP contribution >= 0.6 is 11.6 Å². The van der Waals surface area contributed by atoms with E-state index in [1.54, 1.807) is 26.0 Å². The van der Waals surface area contributed by atoms with Crippen LogP contribution in [0.3, 0.4) is 0 Å². The maximum Gasteiger partial charge on any atom is 0.250 e. The third-order valence-corrected chi connectivity index (χ3v) is 7.51. The highest BCUT2D eigenvalue weighted by molar-refractivity contribution is 6.32. The van der Waals surface area contributed by atoms with Crippen molar-refractivity contribution in [1.29, 1.82) is 0 Å². The van der Waals surface area contributed by atoms with Gasteiger partial charge in [0, 0.05) is 23.2 Å². The molecule has 0 bridgehead atoms. The van der Waals surface area contributed by atoms with Crippen LogP contribution in [-0.4, -0.2) is 46.4 Å². The third kappa shape index (κ3) is 2.78. The lowest BCUT2D eigenvalue weighted by Gasteiger charge is -2.30. The maximum atomic E-state index is 13.6. The Morgan fingerprint density at radius 2 is 1.84 bits per heavy atom. The summed E-state index contributed by atoms with van der Waals surface area (Å²) in [7, 11) is 0. The summed E-state index contributed by atoms with van der Waals surface area (Å²) >= 11 is 6.26. The summed E-state index contributed by atoms with van der Waals surface area (Å²) in [6.45, 7) is 3.59. The molecule has 32 heavy (non-hydrogen) atoms. The first-order valence-electron chi connectivity index (χ1n) is 10.7. The van der Waals surface area contributed by atoms with Crippen molar-refractivity contribution in [3.8, 4) is 0 Å². The number of aliphatic hydroxyl groups is 1. The van der Waals surface area contributed by atoms with Gasteiger partial charge in [-0.25, -0.2) is 0 Å². The number of imide groups is 1. The number of nitrogens with one attached hydrogen (secondary N) is 2. The van der Waals surface area contributed by atoms with Crippen LogP contribution in [0.2, 0.25) is 5.02 Å². The molecule has 0 saturated carbocycles. The van der Waals surface area contributed by atoms with Crippen molar-refractivity contribution in [2.24, 2.45) is 11.8 Å². The monoisotopic (exact) mass is 453 g/mol. The Bertz CT molecular complexity index is 1140. The molecule has 5 rings (SSSR count). The second kappa shape index (κ2) is 7.40. The van der Waals surface area contributed by atoms with E-state index in [0.717, 1.165) is 5.56 Å². The summed E-state index contributed by atoms with van der Waals surface area (Å²) in [5, 5.41) is 17.0. The lowest BCUT2D eigenvalue weighted by atomic mass is 9.76. The Hall–Kier alpha value is -2.74. The zero-order chi connectivity index (χ0) is 22.8. The molecule has 2 saturated heterocycles. The van der Waals surface area contributed by atoms with Crippen molar-refractivity contribution in [2.45, 2.75) is 38.0 Å². The Kier molecular flexibility index (Phi) is 4.89. The lowest BCUT2D eigenvalue weighted by molar-refractivity contribution is -0.143. The number of hydrogen-bond acceptors (Lipinski definition) is 5. The first kappa shape index (κ1) is 21.1. The highest BCUT2D eigenvalue weighted by Gasteiger charge is 2.71. The maximum absolute atomic E-state index is 13.6. The van der Waals surface area contributed by atoms with Crippen molar-refractivity contribution in [3.05, 3.63) is 64.2 Å². The molecule has 1 spiro atoms. The number of anilines is 1. The molecule has 2 fully saturated rings. The molecule has 8 heteroatoms. The molecule has 0 aromatic heterocycles. The van der Waals surface area contributed by atoms with Gasteiger partial charge in [0.15, 0.2) is 0 Å². The summed E-state index contributed by atoms with van der Waals surface area (Å²) < 4.78 is 0. The van der Waals surface area contributed by atoms with E-state index in [-0.39, 0.29) is 18.4 Å². The molecule has 2 aromatic carbocycles. The number of halogens is 1. The Morgan fingerprint density at radius 1 is 1.12 bits per heavy atom. The molecule has 5 atom stereocenters. The van der Waals surface area contributed by atoms with E-state index >= 15 is 0 Å². The van der Waals surface area contributed by atoms with Crippen molar-refractivity contribution in [2.75, 3.05) is 11.9 Å². The standard InChI is InChI=1S/C24H24ClN3O4/c1-12-16(25)9-8-15-19(12)26-23(32)24(15)18-17(20(27-24)13(2)29)21(30)28(22(18)31)11-10-14-6-4-3-5-7-14/h3-9,13,17-18,20,27,29H,10-11H2,1-2H3,(H,26,32)/t13-,17-,18-,20+,24-/m0/s1. The third-order valence-electron chi connectivity index (χ3n) is 7.10. The fourth-order valence-corrected chi connectivity index (χ4v) is 5.66. The number of amides is 3. The number of likely N-dealkylation sites (tertiary alicyclic amines) is 1. The van der Waals surface area contributed by atoms with Crippen molar-refractivity contribution < 1.29 is 19.5 Å². The van der Waals surface area contributed by atoms with Gasteiger partial charge >= 0.3 is 0 Å². The van der Waals surface area contributed by atoms with Crippen LogP contribution in [0.5, 0.6) is 0 Å². The predicted molar refractivity (Wildman–Crippen MR) is 119 cm³/mol. The predicted octanol–water partition coefficient (Wildman–Crippen LogP) is 1.99. The summed E-state index contributed by atoms with van der Waals surface area (Å²) in [5.74, 6) is -2.90. The van der Waals surface area contributed by atoms with E-state index in [1.165, 1.54) is 4.90 Å². The van der Waals surface area contributed by atoms with Gasteiger partial charge < -0.3 is 10.4 Å². The highest BCUT2D eigenvalue weighted by atomic mass is 35.5. The number of aliphatic hydroxyl groups excluding tert-OH is 1. The summed E-state index contributed by atoms with van der Waals surface area (Å²) in [4.78, 5) is 41.7. The molecule has 166 valence electrons. The second-order valence-corrected chi connectivity index (χ2v) is 9.24. The Balaban J connectivity index is 1.57. The van der Waals surface area contributed by atoms with Crippen LogP contribution in [-0.2, 0) is 26.3 Å². The topological polar surface area (TPSA) is 98.7 Å². The molecule has 0 unspecified atom stereocenters. The van der Waals surface area contributed by atoms with E-state index < -0.39 is 35.4 Å². The molecule has 7 nitrogen and oxygen atoms in total. The van der Waals surface area contributed by atoms with Crippen LogP contribution in [0.1, 0.15) is 23.6 Å². The molecular weight excluding hydrogens is 430 g/mol. The van der Waals surface area contributed by atoms with Gasteiger partial charge in [0.1, 0.15) is 5.54 Å². The molecule has 3 amide bonds. The van der Waals surface area contributed by atoms with E-state index in [0.29, 0.717) is 28.3 Å². The van der Waals surface area contributed by atoms with Crippen molar-refractivity contribution >= 4 is 35.0 Å². The Labute approximate surface area is 190 Å². The normalized spacial score (nSPS) is 29.4. The number of nitrogens with zero attached hydrogens (tertiary/aromatic N) is 1. The zero-order valence-electron chi connectivity index (χ0n) is 17.8. The first-order valence-corrected chi connectivity index (χ1v) is 11.1. The molecule has 3 heterocycles. The average Bonchev–Trinajstić information content (AvgIpc) is 3.36. The lowest BCUT2D eigenvalue weighted by Crippen LogP contribution is -2.55. The molecular formula is C24H24ClN3O4. The molecule has 3 aliphatic heterocycles. The number of rotatable bonds is 4. The van der Waals surface area contributed by atoms with Gasteiger partial charge in [0.2, 0.25) is 17.7 Å². The van der Waals surface area contributed by atoms with Crippen LogP contribution < -0.4 is 10.6 Å².